The van der Waals surface area contributed by atoms with Gasteiger partial charge in [-0.1, -0.05) is 12.1 Å². The van der Waals surface area contributed by atoms with Crippen molar-refractivity contribution in [2.75, 3.05) is 52.9 Å². The largest absolute Gasteiger partial charge is 0.497 e. The molecule has 0 bridgehead atoms. The summed E-state index contributed by atoms with van der Waals surface area (Å²) in [5.74, 6) is 0.264. The number of rotatable bonds is 6. The van der Waals surface area contributed by atoms with E-state index in [4.69, 9.17) is 15.2 Å². The average molecular weight is 415 g/mol. The van der Waals surface area contributed by atoms with E-state index < -0.39 is 12.0 Å². The number of carbonyl (C=O) groups is 2. The molecule has 1 aromatic carbocycles. The van der Waals surface area contributed by atoms with Gasteiger partial charge in [-0.2, -0.15) is 5.26 Å². The third-order valence-electron chi connectivity index (χ3n) is 5.60. The lowest BCUT2D eigenvalue weighted by atomic mass is 10.1. The number of primary amides is 1. The Hall–Kier alpha value is -2.67. The first-order valence-electron chi connectivity index (χ1n) is 10.1. The van der Waals surface area contributed by atoms with Gasteiger partial charge in [-0.25, -0.2) is 0 Å². The highest BCUT2D eigenvalue weighted by molar-refractivity contribution is 5.80. The van der Waals surface area contributed by atoms with E-state index in [9.17, 15) is 14.9 Å². The van der Waals surface area contributed by atoms with Crippen molar-refractivity contribution in [3.8, 4) is 11.8 Å². The third kappa shape index (κ3) is 5.27. The van der Waals surface area contributed by atoms with Crippen molar-refractivity contribution in [3.05, 3.63) is 29.8 Å². The number of morpholine rings is 1. The maximum Gasteiger partial charge on any atom is 0.247 e. The van der Waals surface area contributed by atoms with Crippen LogP contribution in [0.25, 0.3) is 0 Å². The average Bonchev–Trinajstić information content (AvgIpc) is 2.74. The van der Waals surface area contributed by atoms with Gasteiger partial charge in [0.05, 0.1) is 25.8 Å². The molecule has 9 nitrogen and oxygen atoms in total. The number of nitrogens with two attached hydrogens (primary N) is 1. The molecule has 0 aliphatic carbocycles. The number of nitrogens with zero attached hydrogens (tertiary/aromatic N) is 4. The zero-order chi connectivity index (χ0) is 21.7. The Labute approximate surface area is 176 Å². The predicted molar refractivity (Wildman–Crippen MR) is 109 cm³/mol. The van der Waals surface area contributed by atoms with Crippen LogP contribution in [0.3, 0.4) is 0 Å². The van der Waals surface area contributed by atoms with Crippen molar-refractivity contribution < 1.29 is 19.1 Å². The van der Waals surface area contributed by atoms with Crippen molar-refractivity contribution in [1.82, 2.24) is 14.7 Å². The summed E-state index contributed by atoms with van der Waals surface area (Å²) < 4.78 is 10.7. The summed E-state index contributed by atoms with van der Waals surface area (Å²) in [4.78, 5) is 30.0. The Bertz CT molecular complexity index is 786. The number of carbonyl (C=O) groups excluding carboxylic acids is 2. The third-order valence-corrected chi connectivity index (χ3v) is 5.60. The van der Waals surface area contributed by atoms with Crippen LogP contribution in [0.5, 0.6) is 5.75 Å². The second-order valence-electron chi connectivity index (χ2n) is 7.75. The minimum Gasteiger partial charge on any atom is -0.497 e. The van der Waals surface area contributed by atoms with Gasteiger partial charge in [0.25, 0.3) is 0 Å². The van der Waals surface area contributed by atoms with Crippen LogP contribution in [0.2, 0.25) is 0 Å². The number of piperazine rings is 1. The molecule has 0 radical (unpaired) electrons. The van der Waals surface area contributed by atoms with Crippen molar-refractivity contribution in [3.63, 3.8) is 0 Å². The molecule has 2 aliphatic rings. The molecule has 1 aromatic rings. The molecule has 3 rings (SSSR count). The molecule has 2 fully saturated rings. The van der Waals surface area contributed by atoms with Crippen LogP contribution >= 0.6 is 0 Å². The summed E-state index contributed by atoms with van der Waals surface area (Å²) in [6.45, 7) is 5.39. The highest BCUT2D eigenvalue weighted by atomic mass is 16.5. The zero-order valence-corrected chi connectivity index (χ0v) is 17.5. The van der Waals surface area contributed by atoms with E-state index in [0.717, 1.165) is 11.3 Å². The van der Waals surface area contributed by atoms with Gasteiger partial charge < -0.3 is 20.1 Å². The standard InChI is InChI=1S/C21H29N5O4/c1-15-12-24(13-19(30-15)21(23)28)14-20(27)26-9-7-25(8-10-26)18(11-22)16-3-5-17(29-2)6-4-16/h3-6,15,18-19H,7-10,12-14H2,1-2H3,(H2,23,28)/t15-,18-,19+/m1/s1. The number of hydrogen-bond acceptors (Lipinski definition) is 7. The molecular formula is C21H29N5O4. The highest BCUT2D eigenvalue weighted by Gasteiger charge is 2.32. The van der Waals surface area contributed by atoms with Crippen LogP contribution in [0.1, 0.15) is 18.5 Å². The van der Waals surface area contributed by atoms with E-state index in [-0.39, 0.29) is 24.6 Å². The first kappa shape index (κ1) is 22.0. The van der Waals surface area contributed by atoms with Crippen molar-refractivity contribution >= 4 is 11.8 Å². The maximum absolute atomic E-state index is 12.8. The quantitative estimate of drug-likeness (QED) is 0.695. The molecule has 2 N–H and O–H groups in total. The second-order valence-corrected chi connectivity index (χ2v) is 7.75. The highest BCUT2D eigenvalue weighted by Crippen LogP contribution is 2.24. The van der Waals surface area contributed by atoms with E-state index in [2.05, 4.69) is 11.0 Å². The van der Waals surface area contributed by atoms with E-state index in [1.54, 1.807) is 7.11 Å². The second kappa shape index (κ2) is 9.89. The Morgan fingerprint density at radius 2 is 1.90 bits per heavy atom. The molecule has 2 saturated heterocycles. The minimum absolute atomic E-state index is 0.0184. The Morgan fingerprint density at radius 1 is 1.23 bits per heavy atom. The maximum atomic E-state index is 12.8. The predicted octanol–water partition coefficient (Wildman–Crippen LogP) is -0.0213. The zero-order valence-electron chi connectivity index (χ0n) is 17.5. The Balaban J connectivity index is 1.53. The monoisotopic (exact) mass is 415 g/mol. The Morgan fingerprint density at radius 3 is 2.47 bits per heavy atom. The molecule has 9 heteroatoms. The summed E-state index contributed by atoms with van der Waals surface area (Å²) in [5.41, 5.74) is 6.28. The van der Waals surface area contributed by atoms with E-state index in [1.165, 1.54) is 0 Å². The fraction of sp³-hybridized carbons (Fsp3) is 0.571. The lowest BCUT2D eigenvalue weighted by molar-refractivity contribution is -0.147. The Kier molecular flexibility index (Phi) is 7.26. The molecule has 30 heavy (non-hydrogen) atoms. The molecule has 0 unspecified atom stereocenters. The number of methoxy groups -OCH3 is 1. The SMILES string of the molecule is COc1ccc([C@@H](C#N)N2CCN(C(=O)CN3C[C@@H](C)O[C@H](C(N)=O)C3)CC2)cc1. The number of nitriles is 1. The summed E-state index contributed by atoms with van der Waals surface area (Å²) in [6, 6.07) is 9.52. The first-order valence-corrected chi connectivity index (χ1v) is 10.1. The molecule has 0 saturated carbocycles. The minimum atomic E-state index is -0.681. The molecule has 0 aromatic heterocycles. The summed E-state index contributed by atoms with van der Waals surface area (Å²) in [5, 5.41) is 9.68. The molecule has 2 heterocycles. The summed E-state index contributed by atoms with van der Waals surface area (Å²) >= 11 is 0. The first-order chi connectivity index (χ1) is 14.4. The summed E-state index contributed by atoms with van der Waals surface area (Å²) in [7, 11) is 1.61. The molecule has 3 atom stereocenters. The summed E-state index contributed by atoms with van der Waals surface area (Å²) in [6.07, 6.45) is -0.832. The van der Waals surface area contributed by atoms with Crippen LogP contribution in [0.4, 0.5) is 0 Å². The van der Waals surface area contributed by atoms with Gasteiger partial charge >= 0.3 is 0 Å². The van der Waals surface area contributed by atoms with Crippen molar-refractivity contribution in [1.29, 1.82) is 5.26 Å². The van der Waals surface area contributed by atoms with Crippen LogP contribution in [0, 0.1) is 11.3 Å². The van der Waals surface area contributed by atoms with Crippen molar-refractivity contribution in [2.24, 2.45) is 5.73 Å². The lowest BCUT2D eigenvalue weighted by Crippen LogP contribution is -2.56. The van der Waals surface area contributed by atoms with Gasteiger partial charge in [-0.05, 0) is 24.6 Å². The topological polar surface area (TPSA) is 112 Å². The normalized spacial score (nSPS) is 24.1. The van der Waals surface area contributed by atoms with Gasteiger partial charge in [-0.15, -0.1) is 0 Å². The van der Waals surface area contributed by atoms with Gasteiger partial charge in [-0.3, -0.25) is 19.4 Å². The van der Waals surface area contributed by atoms with Crippen LogP contribution in [-0.4, -0.2) is 91.6 Å². The molecule has 0 spiro atoms. The van der Waals surface area contributed by atoms with E-state index in [0.29, 0.717) is 39.3 Å². The molecular weight excluding hydrogens is 386 g/mol. The smallest absolute Gasteiger partial charge is 0.247 e. The molecule has 2 amide bonds. The number of amides is 2. The van der Waals surface area contributed by atoms with Gasteiger partial charge in [0.15, 0.2) is 0 Å². The van der Waals surface area contributed by atoms with E-state index >= 15 is 0 Å². The van der Waals surface area contributed by atoms with Crippen LogP contribution < -0.4 is 10.5 Å². The molecule has 2 aliphatic heterocycles. The van der Waals surface area contributed by atoms with E-state index in [1.807, 2.05) is 41.0 Å². The van der Waals surface area contributed by atoms with Crippen LogP contribution in [0.15, 0.2) is 24.3 Å². The number of ether oxygens (including phenoxy) is 2. The number of benzene rings is 1. The van der Waals surface area contributed by atoms with Crippen molar-refractivity contribution in [2.45, 2.75) is 25.2 Å². The van der Waals surface area contributed by atoms with Crippen LogP contribution in [-0.2, 0) is 14.3 Å². The fourth-order valence-corrected chi connectivity index (χ4v) is 4.00. The molecule has 162 valence electrons. The van der Waals surface area contributed by atoms with Gasteiger partial charge in [0.1, 0.15) is 17.9 Å². The lowest BCUT2D eigenvalue weighted by Gasteiger charge is -2.39. The number of hydrogen-bond donors (Lipinski definition) is 1. The van der Waals surface area contributed by atoms with Gasteiger partial charge in [0, 0.05) is 39.3 Å². The fourth-order valence-electron chi connectivity index (χ4n) is 4.00. The van der Waals surface area contributed by atoms with Gasteiger partial charge in [0.2, 0.25) is 11.8 Å².